The fraction of sp³-hybridized carbons (Fsp3) is 0.0164. The van der Waals surface area contributed by atoms with Crippen molar-refractivity contribution >= 4 is 49.3 Å². The van der Waals surface area contributed by atoms with Crippen LogP contribution in [0, 0.1) is 17.9 Å². The van der Waals surface area contributed by atoms with Gasteiger partial charge in [0.15, 0.2) is 5.69 Å². The third-order valence-electron chi connectivity index (χ3n) is 13.1. The summed E-state index contributed by atoms with van der Waals surface area (Å²) in [5, 5.41) is 15.1. The summed E-state index contributed by atoms with van der Waals surface area (Å²) in [6, 6.07) is 65.4. The topological polar surface area (TPSA) is 63.8 Å². The van der Waals surface area contributed by atoms with Crippen molar-refractivity contribution in [3.05, 3.63) is 235 Å². The van der Waals surface area contributed by atoms with Gasteiger partial charge >= 0.3 is 6.18 Å². The zero-order valence-electron chi connectivity index (χ0n) is 37.0. The summed E-state index contributed by atoms with van der Waals surface area (Å²) in [4.78, 5) is 12.9. The summed E-state index contributed by atoms with van der Waals surface area (Å²) in [5.74, 6) is 0. The van der Waals surface area contributed by atoms with Gasteiger partial charge in [-0.3, -0.25) is 9.97 Å². The Kier molecular flexibility index (Phi) is 9.94. The van der Waals surface area contributed by atoms with E-state index >= 15 is 13.2 Å². The van der Waals surface area contributed by atoms with E-state index in [4.69, 9.17) is 6.57 Å². The Morgan fingerprint density at radius 3 is 1.37 bits per heavy atom. The second kappa shape index (κ2) is 16.6. The molecule has 0 bridgehead atoms. The number of hydrogen-bond acceptors (Lipinski definition) is 3. The van der Waals surface area contributed by atoms with E-state index in [0.717, 1.165) is 94.4 Å². The fourth-order valence-corrected chi connectivity index (χ4v) is 9.97. The van der Waals surface area contributed by atoms with Gasteiger partial charge in [-0.15, -0.1) is 0 Å². The van der Waals surface area contributed by atoms with E-state index < -0.39 is 11.7 Å². The lowest BCUT2D eigenvalue weighted by molar-refractivity contribution is -0.137. The molecule has 0 unspecified atom stereocenters. The molecule has 0 saturated heterocycles. The summed E-state index contributed by atoms with van der Waals surface area (Å²) in [7, 11) is 0. The molecule has 12 rings (SSSR count). The van der Waals surface area contributed by atoms with Gasteiger partial charge in [0, 0.05) is 45.1 Å². The molecule has 0 fully saturated rings. The zero-order valence-corrected chi connectivity index (χ0v) is 37.0. The van der Waals surface area contributed by atoms with E-state index in [0.29, 0.717) is 11.4 Å². The molecule has 4 heterocycles. The number of alkyl halides is 3. The highest BCUT2D eigenvalue weighted by atomic mass is 19.4. The summed E-state index contributed by atoms with van der Waals surface area (Å²) >= 11 is 0. The largest absolute Gasteiger partial charge is 0.415 e. The molecule has 12 aromatic rings. The highest BCUT2D eigenvalue weighted by Gasteiger charge is 2.35. The molecule has 9 heteroatoms. The molecule has 0 spiro atoms. The first-order valence-corrected chi connectivity index (χ1v) is 22.5. The number of hydrogen-bond donors (Lipinski definition) is 0. The SMILES string of the molecule is [C-]#[N+]c1cccc(C(F)(F)F)c1-c1cc(-n2c3ccccc3c3cc(-c4ccnc(-c5ccccc5)c4)ccc32)c(C#N)c(-n2c3ccccc3c3cc(-c4ccnc(-c5ccccc5)c4)ccc32)c1. The van der Waals surface area contributed by atoms with Crippen molar-refractivity contribution in [2.24, 2.45) is 0 Å². The number of pyridine rings is 2. The number of nitriles is 1. The lowest BCUT2D eigenvalue weighted by Crippen LogP contribution is -2.09. The van der Waals surface area contributed by atoms with Crippen molar-refractivity contribution in [3.63, 3.8) is 0 Å². The minimum atomic E-state index is -4.79. The minimum absolute atomic E-state index is 0.142. The second-order valence-electron chi connectivity index (χ2n) is 17.1. The average molecular weight is 909 g/mol. The number of benzene rings is 8. The smallest absolute Gasteiger partial charge is 0.308 e. The summed E-state index contributed by atoms with van der Waals surface area (Å²) < 4.78 is 49.5. The molecule has 6 nitrogen and oxygen atoms in total. The van der Waals surface area contributed by atoms with Gasteiger partial charge in [-0.25, -0.2) is 4.85 Å². The molecule has 0 radical (unpaired) electrons. The average Bonchev–Trinajstić information content (AvgIpc) is 3.92. The third-order valence-corrected chi connectivity index (χ3v) is 13.1. The van der Waals surface area contributed by atoms with Crippen LogP contribution in [0.2, 0.25) is 0 Å². The lowest BCUT2D eigenvalue weighted by atomic mass is 9.94. The second-order valence-corrected chi connectivity index (χ2v) is 17.1. The highest BCUT2D eigenvalue weighted by Crippen LogP contribution is 2.47. The van der Waals surface area contributed by atoms with Crippen LogP contribution in [0.5, 0.6) is 0 Å². The van der Waals surface area contributed by atoms with Crippen molar-refractivity contribution in [1.29, 1.82) is 5.26 Å². The molecule has 0 saturated carbocycles. The van der Waals surface area contributed by atoms with Crippen molar-refractivity contribution < 1.29 is 13.2 Å². The molecule has 0 aliphatic heterocycles. The van der Waals surface area contributed by atoms with Gasteiger partial charge in [0.05, 0.1) is 57.0 Å². The Hall–Kier alpha value is -9.57. The molecule has 8 aromatic carbocycles. The van der Waals surface area contributed by atoms with E-state index in [1.807, 2.05) is 155 Å². The van der Waals surface area contributed by atoms with Crippen LogP contribution >= 0.6 is 0 Å². The number of aromatic nitrogens is 4. The van der Waals surface area contributed by atoms with Crippen LogP contribution in [0.4, 0.5) is 18.9 Å². The van der Waals surface area contributed by atoms with Crippen molar-refractivity contribution in [3.8, 4) is 73.3 Å². The number of rotatable bonds is 7. The lowest BCUT2D eigenvalue weighted by Gasteiger charge is -2.21. The van der Waals surface area contributed by atoms with E-state index in [1.165, 1.54) is 12.1 Å². The van der Waals surface area contributed by atoms with E-state index in [-0.39, 0.29) is 22.4 Å². The summed E-state index contributed by atoms with van der Waals surface area (Å²) in [6.07, 6.45) is -1.20. The van der Waals surface area contributed by atoms with Crippen LogP contribution in [-0.2, 0) is 6.18 Å². The Bertz CT molecular complexity index is 3920. The van der Waals surface area contributed by atoms with Crippen molar-refractivity contribution in [2.75, 3.05) is 0 Å². The molecular weight excluding hydrogens is 874 g/mol. The Morgan fingerprint density at radius 1 is 0.443 bits per heavy atom. The Balaban J connectivity index is 1.13. The van der Waals surface area contributed by atoms with Gasteiger partial charge in [-0.2, -0.15) is 18.4 Å². The number of fused-ring (bicyclic) bond motifs is 6. The van der Waals surface area contributed by atoms with Gasteiger partial charge in [0.1, 0.15) is 11.6 Å². The first kappa shape index (κ1) is 41.8. The predicted molar refractivity (Wildman–Crippen MR) is 274 cm³/mol. The molecule has 0 aliphatic rings. The molecule has 0 atom stereocenters. The molecule has 4 aromatic heterocycles. The predicted octanol–water partition coefficient (Wildman–Crippen LogP) is 16.4. The Morgan fingerprint density at radius 2 is 0.900 bits per heavy atom. The van der Waals surface area contributed by atoms with Crippen LogP contribution in [0.15, 0.2) is 213 Å². The van der Waals surface area contributed by atoms with Crippen molar-refractivity contribution in [1.82, 2.24) is 19.1 Å². The van der Waals surface area contributed by atoms with Gasteiger partial charge in [0.25, 0.3) is 0 Å². The fourth-order valence-electron chi connectivity index (χ4n) is 9.97. The maximum Gasteiger partial charge on any atom is 0.415 e. The molecule has 0 amide bonds. The first-order valence-electron chi connectivity index (χ1n) is 22.5. The normalized spacial score (nSPS) is 11.6. The minimum Gasteiger partial charge on any atom is -0.308 e. The Labute approximate surface area is 399 Å². The van der Waals surface area contributed by atoms with Crippen LogP contribution in [0.25, 0.3) is 116 Å². The highest BCUT2D eigenvalue weighted by molar-refractivity contribution is 6.13. The van der Waals surface area contributed by atoms with E-state index in [9.17, 15) is 5.26 Å². The quantitative estimate of drug-likeness (QED) is 0.150. The number of para-hydroxylation sites is 2. The van der Waals surface area contributed by atoms with Crippen LogP contribution in [0.1, 0.15) is 11.1 Å². The maximum atomic E-state index is 15.2. The van der Waals surface area contributed by atoms with E-state index in [1.54, 1.807) is 24.5 Å². The van der Waals surface area contributed by atoms with Crippen molar-refractivity contribution in [2.45, 2.75) is 6.18 Å². The van der Waals surface area contributed by atoms with Gasteiger partial charge in [0.2, 0.25) is 0 Å². The molecule has 0 aliphatic carbocycles. The number of halogens is 3. The van der Waals surface area contributed by atoms with Gasteiger partial charge < -0.3 is 9.13 Å². The summed E-state index contributed by atoms with van der Waals surface area (Å²) in [6.45, 7) is 8.12. The number of nitrogens with zero attached hydrogens (tertiary/aromatic N) is 6. The molecular formula is C61H35F3N6. The molecule has 70 heavy (non-hydrogen) atoms. The standard InChI is InChI=1S/C61H35F3N6/c1-66-51-20-12-19-50(61(62,63)64)60(51)44-35-58(69-54-21-10-8-17-45(54)47-31-40(23-25-56(47)69)42-27-29-67-52(33-42)38-13-4-2-5-14-38)49(37-65)59(36-44)70-55-22-11-9-18-46(55)48-32-41(24-26-57(48)70)43-28-30-68-53(34-43)39-15-6-3-7-16-39/h2-36H. The maximum absolute atomic E-state index is 15.2. The first-order chi connectivity index (χ1) is 34.3. The zero-order chi connectivity index (χ0) is 47.5. The van der Waals surface area contributed by atoms with E-state index in [2.05, 4.69) is 45.1 Å². The van der Waals surface area contributed by atoms with Crippen LogP contribution in [-0.4, -0.2) is 19.1 Å². The van der Waals surface area contributed by atoms with Gasteiger partial charge in [-0.1, -0.05) is 127 Å². The third kappa shape index (κ3) is 6.96. The monoisotopic (exact) mass is 908 g/mol. The molecule has 330 valence electrons. The van der Waals surface area contributed by atoms with Gasteiger partial charge in [-0.05, 0) is 106 Å². The van der Waals surface area contributed by atoms with Crippen LogP contribution < -0.4 is 0 Å². The summed E-state index contributed by atoms with van der Waals surface area (Å²) in [5.41, 5.74) is 10.2. The van der Waals surface area contributed by atoms with Crippen LogP contribution in [0.3, 0.4) is 0 Å². The molecule has 0 N–H and O–H groups in total.